The van der Waals surface area contributed by atoms with E-state index in [1.807, 2.05) is 6.20 Å². The third-order valence-electron chi connectivity index (χ3n) is 12.2. The molecule has 0 spiro atoms. The number of hydrogen-bond acceptors (Lipinski definition) is 3. The summed E-state index contributed by atoms with van der Waals surface area (Å²) in [5.41, 5.74) is 13.2. The molecule has 0 radical (unpaired) electrons. The lowest BCUT2D eigenvalue weighted by atomic mass is 9.69. The van der Waals surface area contributed by atoms with E-state index in [2.05, 4.69) is 146 Å². The number of amidine groups is 1. The van der Waals surface area contributed by atoms with Crippen molar-refractivity contribution in [3.05, 3.63) is 184 Å². The van der Waals surface area contributed by atoms with Crippen molar-refractivity contribution in [3.8, 4) is 0 Å². The molecule has 0 saturated heterocycles. The van der Waals surface area contributed by atoms with E-state index in [-0.39, 0.29) is 12.0 Å². The Bertz CT molecular complexity index is 2290. The predicted octanol–water partition coefficient (Wildman–Crippen LogP) is 11.0. The number of fused-ring (bicyclic) bond motifs is 6. The maximum Gasteiger partial charge on any atom is 0.137 e. The number of hydrogen-bond donors (Lipinski definition) is 0. The molecular weight excluding hydrogens is 619 g/mol. The SMILES string of the molecule is CN1C(c2ccc(C3=NC=CC4C=CC=CC34)cc2)=NC(C2=CC3C=CCCC3C3=C2CCC=C3)=CC1c1cc2ccccc2c2c1CCC=C2. The second-order valence-corrected chi connectivity index (χ2v) is 15.0. The largest absolute Gasteiger partial charge is 0.349 e. The minimum absolute atomic E-state index is 0.0496. The maximum atomic E-state index is 5.62. The Morgan fingerprint density at radius 3 is 2.55 bits per heavy atom. The number of nitrogens with zero attached hydrogens (tertiary/aromatic N) is 3. The highest BCUT2D eigenvalue weighted by Crippen LogP contribution is 2.48. The van der Waals surface area contributed by atoms with Crippen LogP contribution in [-0.4, -0.2) is 23.5 Å². The summed E-state index contributed by atoms with van der Waals surface area (Å²) in [5.74, 6) is 2.66. The molecule has 0 saturated carbocycles. The zero-order valence-electron chi connectivity index (χ0n) is 29.3. The molecule has 5 atom stereocenters. The van der Waals surface area contributed by atoms with Crippen LogP contribution >= 0.6 is 0 Å². The van der Waals surface area contributed by atoms with E-state index in [4.69, 9.17) is 9.98 Å². The number of aliphatic imine (C=N–C) groups is 2. The lowest BCUT2D eigenvalue weighted by Crippen LogP contribution is -2.35. The fourth-order valence-electron chi connectivity index (χ4n) is 9.63. The minimum Gasteiger partial charge on any atom is -0.349 e. The lowest BCUT2D eigenvalue weighted by molar-refractivity contribution is 0.427. The van der Waals surface area contributed by atoms with Gasteiger partial charge in [-0.05, 0) is 101 Å². The van der Waals surface area contributed by atoms with Crippen LogP contribution in [0.4, 0.5) is 0 Å². The predicted molar refractivity (Wildman–Crippen MR) is 213 cm³/mol. The number of benzene rings is 3. The van der Waals surface area contributed by atoms with E-state index >= 15 is 0 Å². The van der Waals surface area contributed by atoms with E-state index in [1.54, 1.807) is 5.57 Å². The van der Waals surface area contributed by atoms with Crippen LogP contribution in [-0.2, 0) is 6.42 Å². The van der Waals surface area contributed by atoms with Gasteiger partial charge in [-0.3, -0.25) is 4.99 Å². The van der Waals surface area contributed by atoms with Crippen LogP contribution in [0.3, 0.4) is 0 Å². The molecule has 3 aromatic rings. The molecule has 2 aliphatic heterocycles. The van der Waals surface area contributed by atoms with E-state index in [0.717, 1.165) is 48.5 Å². The Morgan fingerprint density at radius 2 is 1.61 bits per heavy atom. The Kier molecular flexibility index (Phi) is 7.48. The van der Waals surface area contributed by atoms with Gasteiger partial charge in [-0.2, -0.15) is 0 Å². The van der Waals surface area contributed by atoms with Gasteiger partial charge in [0.05, 0.1) is 17.5 Å². The topological polar surface area (TPSA) is 28.0 Å². The molecule has 0 aromatic heterocycles. The highest BCUT2D eigenvalue weighted by atomic mass is 15.2. The standard InChI is InChI=1S/C48H43N3/c1-51-46(44-29-35-14-4-6-16-37(35)40-19-9-11-21-42(40)44)30-45(43-28-34-13-3-5-15-36(34)39-18-8-10-20-41(39)43)50-48(51)33-24-22-32(23-25-33)47-38-17-7-2-12-31(38)26-27-49-47/h2-4,6-9,12-14,16-19,22-31,34,36,38,46H,5,10-11,15,20-21H2,1H3. The van der Waals surface area contributed by atoms with Crippen LogP contribution in [0.5, 0.6) is 0 Å². The van der Waals surface area contributed by atoms with E-state index < -0.39 is 0 Å². The van der Waals surface area contributed by atoms with Crippen molar-refractivity contribution >= 4 is 28.4 Å². The Hall–Kier alpha value is -5.28. The fraction of sp³-hybridized carbons (Fsp3) is 0.250. The van der Waals surface area contributed by atoms with Gasteiger partial charge >= 0.3 is 0 Å². The van der Waals surface area contributed by atoms with E-state index in [1.165, 1.54) is 57.0 Å². The van der Waals surface area contributed by atoms with Crippen LogP contribution < -0.4 is 0 Å². The smallest absolute Gasteiger partial charge is 0.137 e. The van der Waals surface area contributed by atoms with Crippen molar-refractivity contribution in [2.24, 2.45) is 33.7 Å². The molecule has 2 heterocycles. The van der Waals surface area contributed by atoms with Crippen molar-refractivity contribution in [1.29, 1.82) is 0 Å². The Labute approximate surface area is 301 Å². The number of likely N-dealkylation sites (N-methyl/N-ethyl adjacent to an activating group) is 1. The fourth-order valence-corrected chi connectivity index (χ4v) is 9.63. The summed E-state index contributed by atoms with van der Waals surface area (Å²) >= 11 is 0. The second-order valence-electron chi connectivity index (χ2n) is 15.0. The first kappa shape index (κ1) is 30.5. The molecular formula is C48H43N3. The summed E-state index contributed by atoms with van der Waals surface area (Å²) in [5, 5.41) is 2.65. The zero-order valence-corrected chi connectivity index (χ0v) is 29.3. The van der Waals surface area contributed by atoms with Gasteiger partial charge in [0.1, 0.15) is 5.84 Å². The van der Waals surface area contributed by atoms with Crippen LogP contribution in [0.15, 0.2) is 166 Å². The van der Waals surface area contributed by atoms with Gasteiger partial charge in [0.2, 0.25) is 0 Å². The van der Waals surface area contributed by atoms with Crippen LogP contribution in [0, 0.1) is 23.7 Å². The average molecular weight is 662 g/mol. The van der Waals surface area contributed by atoms with Crippen molar-refractivity contribution in [2.75, 3.05) is 7.05 Å². The third kappa shape index (κ3) is 5.16. The van der Waals surface area contributed by atoms with Crippen molar-refractivity contribution in [3.63, 3.8) is 0 Å². The van der Waals surface area contributed by atoms with Gasteiger partial charge < -0.3 is 4.90 Å². The van der Waals surface area contributed by atoms with Crippen LogP contribution in [0.2, 0.25) is 0 Å². The molecule has 5 aliphatic carbocycles. The maximum absolute atomic E-state index is 5.62. The summed E-state index contributed by atoms with van der Waals surface area (Å²) in [4.78, 5) is 12.9. The van der Waals surface area contributed by atoms with E-state index in [0.29, 0.717) is 17.8 Å². The van der Waals surface area contributed by atoms with Gasteiger partial charge in [-0.25, -0.2) is 4.99 Å². The molecule has 5 unspecified atom stereocenters. The Morgan fingerprint density at radius 1 is 0.765 bits per heavy atom. The third-order valence-corrected chi connectivity index (χ3v) is 12.2. The summed E-state index contributed by atoms with van der Waals surface area (Å²) in [6.07, 6.45) is 39.2. The zero-order chi connectivity index (χ0) is 33.9. The lowest BCUT2D eigenvalue weighted by Gasteiger charge is -2.39. The molecule has 7 aliphatic rings. The summed E-state index contributed by atoms with van der Waals surface area (Å²) in [6.45, 7) is 0. The molecule has 3 aromatic carbocycles. The van der Waals surface area contributed by atoms with Crippen molar-refractivity contribution in [1.82, 2.24) is 4.90 Å². The molecule has 250 valence electrons. The highest BCUT2D eigenvalue weighted by Gasteiger charge is 2.35. The normalized spacial score (nSPS) is 27.3. The van der Waals surface area contributed by atoms with Gasteiger partial charge in [-0.1, -0.05) is 121 Å². The first-order valence-corrected chi connectivity index (χ1v) is 18.9. The molecule has 0 amide bonds. The van der Waals surface area contributed by atoms with Gasteiger partial charge in [0, 0.05) is 42.1 Å². The number of rotatable bonds is 4. The first-order valence-electron chi connectivity index (χ1n) is 18.9. The van der Waals surface area contributed by atoms with Gasteiger partial charge in [0.15, 0.2) is 0 Å². The summed E-state index contributed by atoms with van der Waals surface area (Å²) in [7, 11) is 2.24. The quantitative estimate of drug-likeness (QED) is 0.256. The van der Waals surface area contributed by atoms with Crippen molar-refractivity contribution in [2.45, 2.75) is 44.6 Å². The molecule has 0 N–H and O–H groups in total. The first-order chi connectivity index (χ1) is 25.2. The second kappa shape index (κ2) is 12.5. The van der Waals surface area contributed by atoms with E-state index in [9.17, 15) is 0 Å². The molecule has 51 heavy (non-hydrogen) atoms. The molecule has 10 rings (SSSR count). The molecule has 0 bridgehead atoms. The summed E-state index contributed by atoms with van der Waals surface area (Å²) in [6, 6.07) is 20.5. The van der Waals surface area contributed by atoms with Gasteiger partial charge in [-0.15, -0.1) is 0 Å². The average Bonchev–Trinajstić information content (AvgIpc) is 3.20. The van der Waals surface area contributed by atoms with Crippen LogP contribution in [0.25, 0.3) is 16.8 Å². The minimum atomic E-state index is 0.0496. The Balaban J connectivity index is 1.12. The highest BCUT2D eigenvalue weighted by molar-refractivity contribution is 6.06. The van der Waals surface area contributed by atoms with Crippen LogP contribution in [0.1, 0.15) is 66.0 Å². The molecule has 0 fully saturated rings. The molecule has 3 nitrogen and oxygen atoms in total. The molecule has 3 heteroatoms. The van der Waals surface area contributed by atoms with Gasteiger partial charge in [0.25, 0.3) is 0 Å². The summed E-state index contributed by atoms with van der Waals surface area (Å²) < 4.78 is 0. The van der Waals surface area contributed by atoms with Crippen molar-refractivity contribution < 1.29 is 0 Å². The number of allylic oxidation sites excluding steroid dienone is 13. The monoisotopic (exact) mass is 661 g/mol.